The Morgan fingerprint density at radius 1 is 1.02 bits per heavy atom. The fraction of sp³-hybridized carbons (Fsp3) is 0.467. The molecule has 220 valence electrons. The number of hydrogen-bond acceptors (Lipinski definition) is 7. The second kappa shape index (κ2) is 13.1. The quantitative estimate of drug-likeness (QED) is 0.443. The Labute approximate surface area is 239 Å². The number of piperazine rings is 1. The molecule has 11 nitrogen and oxygen atoms in total. The molecule has 3 N–H and O–H groups in total. The van der Waals surface area contributed by atoms with Gasteiger partial charge in [-0.2, -0.15) is 0 Å². The number of benzene rings is 2. The van der Waals surface area contributed by atoms with Crippen molar-refractivity contribution in [1.82, 2.24) is 10.2 Å². The molecule has 2 fully saturated rings. The smallest absolute Gasteiger partial charge is 0.408 e. The van der Waals surface area contributed by atoms with E-state index in [9.17, 15) is 19.2 Å². The van der Waals surface area contributed by atoms with Crippen molar-refractivity contribution in [3.8, 4) is 0 Å². The van der Waals surface area contributed by atoms with Gasteiger partial charge in [0.05, 0.1) is 12.1 Å². The molecule has 0 bridgehead atoms. The van der Waals surface area contributed by atoms with E-state index in [0.717, 1.165) is 43.9 Å². The number of anilines is 2. The predicted octanol–water partition coefficient (Wildman–Crippen LogP) is 3.29. The fourth-order valence-corrected chi connectivity index (χ4v) is 4.96. The van der Waals surface area contributed by atoms with Gasteiger partial charge in [-0.15, -0.1) is 0 Å². The van der Waals surface area contributed by atoms with Gasteiger partial charge < -0.3 is 30.1 Å². The van der Waals surface area contributed by atoms with E-state index < -0.39 is 29.6 Å². The van der Waals surface area contributed by atoms with Crippen LogP contribution in [0.3, 0.4) is 0 Å². The highest BCUT2D eigenvalue weighted by Crippen LogP contribution is 2.23. The lowest BCUT2D eigenvalue weighted by Gasteiger charge is -2.40. The van der Waals surface area contributed by atoms with E-state index >= 15 is 0 Å². The van der Waals surface area contributed by atoms with Crippen LogP contribution in [0, 0.1) is 0 Å². The summed E-state index contributed by atoms with van der Waals surface area (Å²) in [6.07, 6.45) is 1.33. The zero-order valence-corrected chi connectivity index (χ0v) is 23.7. The van der Waals surface area contributed by atoms with E-state index in [1.807, 2.05) is 24.3 Å². The summed E-state index contributed by atoms with van der Waals surface area (Å²) in [5.41, 5.74) is 1.30. The first-order valence-corrected chi connectivity index (χ1v) is 13.8. The van der Waals surface area contributed by atoms with Crippen LogP contribution < -0.4 is 15.5 Å². The number of nitrogens with zero attached hydrogens (tertiary/aromatic N) is 2. The summed E-state index contributed by atoms with van der Waals surface area (Å²) in [7, 11) is 0. The first-order chi connectivity index (χ1) is 19.5. The number of aromatic carboxylic acids is 1. The molecule has 41 heavy (non-hydrogen) atoms. The van der Waals surface area contributed by atoms with Gasteiger partial charge in [0.25, 0.3) is 0 Å². The molecule has 0 radical (unpaired) electrons. The van der Waals surface area contributed by atoms with Crippen LogP contribution in [-0.4, -0.2) is 84.4 Å². The zero-order valence-electron chi connectivity index (χ0n) is 23.7. The minimum Gasteiger partial charge on any atom is -0.478 e. The van der Waals surface area contributed by atoms with Crippen LogP contribution >= 0.6 is 0 Å². The molecule has 1 unspecified atom stereocenters. The number of alkyl carbamates (subject to hydrolysis) is 1. The molecule has 2 aromatic rings. The number of ether oxygens (including phenoxy) is 2. The topological polar surface area (TPSA) is 138 Å². The van der Waals surface area contributed by atoms with Crippen LogP contribution in [0.4, 0.5) is 16.2 Å². The Morgan fingerprint density at radius 3 is 2.27 bits per heavy atom. The molecular weight excluding hydrogens is 528 g/mol. The normalized spacial score (nSPS) is 17.5. The van der Waals surface area contributed by atoms with Gasteiger partial charge in [0.1, 0.15) is 11.6 Å². The van der Waals surface area contributed by atoms with Crippen molar-refractivity contribution in [2.24, 2.45) is 0 Å². The molecule has 3 amide bonds. The maximum absolute atomic E-state index is 13.2. The van der Waals surface area contributed by atoms with Crippen molar-refractivity contribution in [2.75, 3.05) is 43.1 Å². The third-order valence-corrected chi connectivity index (χ3v) is 7.05. The van der Waals surface area contributed by atoms with E-state index in [1.54, 1.807) is 25.7 Å². The number of carbonyl (C=O) groups is 4. The van der Waals surface area contributed by atoms with Crippen LogP contribution in [0.25, 0.3) is 0 Å². The molecule has 0 spiro atoms. The first-order valence-electron chi connectivity index (χ1n) is 13.8. The minimum absolute atomic E-state index is 0.0493. The molecular formula is C30H38N4O7. The van der Waals surface area contributed by atoms with Crippen molar-refractivity contribution >= 4 is 35.3 Å². The summed E-state index contributed by atoms with van der Waals surface area (Å²) in [6, 6.07) is 12.5. The third-order valence-electron chi connectivity index (χ3n) is 7.05. The Morgan fingerprint density at radius 2 is 1.68 bits per heavy atom. The predicted molar refractivity (Wildman–Crippen MR) is 153 cm³/mol. The highest BCUT2D eigenvalue weighted by atomic mass is 16.6. The van der Waals surface area contributed by atoms with Crippen LogP contribution in [0.2, 0.25) is 0 Å². The Balaban J connectivity index is 1.42. The number of hydrogen-bond donors (Lipinski definition) is 3. The van der Waals surface area contributed by atoms with E-state index in [-0.39, 0.29) is 17.9 Å². The van der Waals surface area contributed by atoms with Crippen molar-refractivity contribution in [3.05, 3.63) is 59.7 Å². The van der Waals surface area contributed by atoms with Crippen LogP contribution in [0.5, 0.6) is 0 Å². The lowest BCUT2D eigenvalue weighted by Crippen LogP contribution is -2.54. The van der Waals surface area contributed by atoms with Gasteiger partial charge in [-0.05, 0) is 75.6 Å². The molecule has 2 aliphatic heterocycles. The SMILES string of the molecule is CC(C)(C)OC(=O)NC(Cc1ccc(N2CCN(C3CCOCC3)CC2=O)cc1)C(=O)Nc1ccc(C(=O)O)cc1. The fourth-order valence-electron chi connectivity index (χ4n) is 4.96. The van der Waals surface area contributed by atoms with Gasteiger partial charge in [-0.1, -0.05) is 12.1 Å². The summed E-state index contributed by atoms with van der Waals surface area (Å²) in [5.74, 6) is -1.51. The van der Waals surface area contributed by atoms with Crippen molar-refractivity contribution < 1.29 is 33.8 Å². The van der Waals surface area contributed by atoms with Gasteiger partial charge in [0.2, 0.25) is 11.8 Å². The van der Waals surface area contributed by atoms with E-state index in [4.69, 9.17) is 14.6 Å². The molecule has 2 saturated heterocycles. The summed E-state index contributed by atoms with van der Waals surface area (Å²) in [5, 5.41) is 14.5. The average molecular weight is 567 g/mol. The monoisotopic (exact) mass is 566 g/mol. The van der Waals surface area contributed by atoms with Gasteiger partial charge in [0, 0.05) is 50.1 Å². The van der Waals surface area contributed by atoms with E-state index in [2.05, 4.69) is 15.5 Å². The number of rotatable bonds is 8. The number of carboxylic acids is 1. The molecule has 2 heterocycles. The Bertz CT molecular complexity index is 1230. The van der Waals surface area contributed by atoms with Crippen molar-refractivity contribution in [2.45, 2.75) is 57.7 Å². The molecule has 2 aliphatic rings. The summed E-state index contributed by atoms with van der Waals surface area (Å²) in [4.78, 5) is 53.9. The maximum atomic E-state index is 13.2. The molecule has 11 heteroatoms. The van der Waals surface area contributed by atoms with Crippen molar-refractivity contribution in [1.29, 1.82) is 0 Å². The molecule has 0 saturated carbocycles. The van der Waals surface area contributed by atoms with Crippen LogP contribution in [-0.2, 0) is 25.5 Å². The van der Waals surface area contributed by atoms with Gasteiger partial charge in [0.15, 0.2) is 0 Å². The molecule has 0 aromatic heterocycles. The molecule has 4 rings (SSSR count). The van der Waals surface area contributed by atoms with Crippen LogP contribution in [0.15, 0.2) is 48.5 Å². The Kier molecular flexibility index (Phi) is 9.61. The summed E-state index contributed by atoms with van der Waals surface area (Å²) >= 11 is 0. The minimum atomic E-state index is -1.07. The second-order valence-corrected chi connectivity index (χ2v) is 11.3. The second-order valence-electron chi connectivity index (χ2n) is 11.3. The Hall–Kier alpha value is -3.96. The summed E-state index contributed by atoms with van der Waals surface area (Å²) in [6.45, 7) is 8.44. The highest BCUT2D eigenvalue weighted by molar-refractivity contribution is 5.97. The molecule has 0 aliphatic carbocycles. The highest BCUT2D eigenvalue weighted by Gasteiger charge is 2.31. The first kappa shape index (κ1) is 30.0. The van der Waals surface area contributed by atoms with Crippen LogP contribution in [0.1, 0.15) is 49.5 Å². The average Bonchev–Trinajstić information content (AvgIpc) is 2.93. The lowest BCUT2D eigenvalue weighted by molar-refractivity contribution is -0.122. The van der Waals surface area contributed by atoms with E-state index in [0.29, 0.717) is 24.8 Å². The third kappa shape index (κ3) is 8.51. The van der Waals surface area contributed by atoms with E-state index in [1.165, 1.54) is 24.3 Å². The zero-order chi connectivity index (χ0) is 29.6. The number of nitrogens with one attached hydrogen (secondary N) is 2. The molecule has 1 atom stereocenters. The number of carboxylic acid groups (broad SMARTS) is 1. The number of amides is 3. The maximum Gasteiger partial charge on any atom is 0.408 e. The largest absolute Gasteiger partial charge is 0.478 e. The lowest BCUT2D eigenvalue weighted by atomic mass is 10.0. The van der Waals surface area contributed by atoms with Gasteiger partial charge in [-0.25, -0.2) is 9.59 Å². The van der Waals surface area contributed by atoms with Gasteiger partial charge in [-0.3, -0.25) is 14.5 Å². The standard InChI is InChI=1S/C30H38N4O7/c1-30(2,3)41-29(39)32-25(27(36)31-22-8-6-21(7-9-22)28(37)38)18-20-4-10-24(11-5-20)34-15-14-33(19-26(34)35)23-12-16-40-17-13-23/h4-11,23,25H,12-19H2,1-3H3,(H,31,36)(H,32,39)(H,37,38). The van der Waals surface area contributed by atoms with Gasteiger partial charge >= 0.3 is 12.1 Å². The summed E-state index contributed by atoms with van der Waals surface area (Å²) < 4.78 is 10.8. The molecule has 2 aromatic carbocycles. The van der Waals surface area contributed by atoms with Crippen molar-refractivity contribution in [3.63, 3.8) is 0 Å². The number of carbonyl (C=O) groups excluding carboxylic acids is 3.